The molecule has 1 aliphatic heterocycles. The highest BCUT2D eigenvalue weighted by molar-refractivity contribution is 4.85. The second-order valence-electron chi connectivity index (χ2n) is 5.97. The summed E-state index contributed by atoms with van der Waals surface area (Å²) in [5.74, 6) is 3.91. The molecule has 1 heterocycles. The van der Waals surface area contributed by atoms with E-state index in [-0.39, 0.29) is 0 Å². The molecule has 0 bridgehead atoms. The van der Waals surface area contributed by atoms with Gasteiger partial charge >= 0.3 is 0 Å². The number of hydrogen-bond acceptors (Lipinski definition) is 1. The Balaban J connectivity index is 1.97. The Morgan fingerprint density at radius 3 is 2.20 bits per heavy atom. The van der Waals surface area contributed by atoms with E-state index in [1.54, 1.807) is 0 Å². The van der Waals surface area contributed by atoms with Crippen LogP contribution in [0.2, 0.25) is 0 Å². The highest BCUT2D eigenvalue weighted by atomic mass is 14.9. The molecule has 0 spiro atoms. The van der Waals surface area contributed by atoms with E-state index < -0.39 is 0 Å². The quantitative estimate of drug-likeness (QED) is 0.750. The maximum atomic E-state index is 3.55. The van der Waals surface area contributed by atoms with Gasteiger partial charge in [0, 0.05) is 0 Å². The van der Waals surface area contributed by atoms with Gasteiger partial charge in [0.2, 0.25) is 0 Å². The molecule has 0 radical (unpaired) electrons. The monoisotopic (exact) mass is 209 g/mol. The van der Waals surface area contributed by atoms with Crippen LogP contribution in [0.5, 0.6) is 0 Å². The van der Waals surface area contributed by atoms with Crippen molar-refractivity contribution in [2.45, 2.75) is 52.4 Å². The van der Waals surface area contributed by atoms with Crippen molar-refractivity contribution in [1.82, 2.24) is 5.32 Å². The van der Waals surface area contributed by atoms with E-state index in [0.29, 0.717) is 0 Å². The first-order chi connectivity index (χ1) is 7.29. The van der Waals surface area contributed by atoms with Gasteiger partial charge in [0.1, 0.15) is 0 Å². The lowest BCUT2D eigenvalue weighted by Crippen LogP contribution is -2.31. The minimum Gasteiger partial charge on any atom is -0.316 e. The molecule has 2 aliphatic rings. The average Bonchev–Trinajstić information content (AvgIpc) is 2.72. The zero-order valence-corrected chi connectivity index (χ0v) is 10.5. The Hall–Kier alpha value is -0.0400. The van der Waals surface area contributed by atoms with Gasteiger partial charge in [-0.1, -0.05) is 46.0 Å². The van der Waals surface area contributed by atoms with E-state index >= 15 is 0 Å². The molecule has 1 heteroatoms. The van der Waals surface area contributed by atoms with Crippen molar-refractivity contribution in [2.24, 2.45) is 23.7 Å². The second kappa shape index (κ2) is 5.34. The molecule has 2 unspecified atom stereocenters. The van der Waals surface area contributed by atoms with Gasteiger partial charge in [-0.25, -0.2) is 0 Å². The summed E-state index contributed by atoms with van der Waals surface area (Å²) in [5.41, 5.74) is 0. The van der Waals surface area contributed by atoms with Crippen molar-refractivity contribution in [3.05, 3.63) is 0 Å². The van der Waals surface area contributed by atoms with E-state index in [1.807, 2.05) is 0 Å². The zero-order valence-electron chi connectivity index (χ0n) is 10.5. The lowest BCUT2D eigenvalue weighted by atomic mass is 9.69. The summed E-state index contributed by atoms with van der Waals surface area (Å²) in [5, 5.41) is 3.55. The highest BCUT2D eigenvalue weighted by Gasteiger charge is 2.33. The SMILES string of the molecule is CC(C)C(C1CCCCC1)C1CCNC1. The van der Waals surface area contributed by atoms with Crippen molar-refractivity contribution >= 4 is 0 Å². The molecule has 0 aromatic rings. The molecule has 0 aromatic carbocycles. The molecule has 1 saturated carbocycles. The molecule has 0 aromatic heterocycles. The fourth-order valence-electron chi connectivity index (χ4n) is 4.00. The lowest BCUT2D eigenvalue weighted by molar-refractivity contribution is 0.137. The van der Waals surface area contributed by atoms with E-state index in [4.69, 9.17) is 0 Å². The first kappa shape index (κ1) is 11.4. The standard InChI is InChI=1S/C14H27N/c1-11(2)14(13-8-9-15-10-13)12-6-4-3-5-7-12/h11-15H,3-10H2,1-2H3. The van der Waals surface area contributed by atoms with E-state index in [2.05, 4.69) is 19.2 Å². The molecular formula is C14H27N. The van der Waals surface area contributed by atoms with Crippen LogP contribution in [-0.4, -0.2) is 13.1 Å². The minimum absolute atomic E-state index is 0.887. The molecule has 15 heavy (non-hydrogen) atoms. The maximum Gasteiger partial charge on any atom is -0.00172 e. The Bertz CT molecular complexity index is 176. The van der Waals surface area contributed by atoms with Crippen LogP contribution >= 0.6 is 0 Å². The summed E-state index contributed by atoms with van der Waals surface area (Å²) in [7, 11) is 0. The largest absolute Gasteiger partial charge is 0.316 e. The molecule has 88 valence electrons. The minimum atomic E-state index is 0.887. The van der Waals surface area contributed by atoms with Crippen LogP contribution in [0, 0.1) is 23.7 Å². The number of nitrogens with one attached hydrogen (secondary N) is 1. The van der Waals surface area contributed by atoms with E-state index in [0.717, 1.165) is 23.7 Å². The first-order valence-corrected chi connectivity index (χ1v) is 6.99. The van der Waals surface area contributed by atoms with Crippen LogP contribution in [0.25, 0.3) is 0 Å². The fourth-order valence-corrected chi connectivity index (χ4v) is 4.00. The van der Waals surface area contributed by atoms with Gasteiger partial charge in [-0.3, -0.25) is 0 Å². The Morgan fingerprint density at radius 1 is 0.933 bits per heavy atom. The summed E-state index contributed by atoms with van der Waals surface area (Å²) in [6.07, 6.45) is 8.93. The van der Waals surface area contributed by atoms with Gasteiger partial charge in [-0.15, -0.1) is 0 Å². The maximum absolute atomic E-state index is 3.55. The molecule has 1 nitrogen and oxygen atoms in total. The summed E-state index contributed by atoms with van der Waals surface area (Å²) in [4.78, 5) is 0. The molecule has 1 N–H and O–H groups in total. The predicted molar refractivity (Wildman–Crippen MR) is 65.9 cm³/mol. The molecule has 0 amide bonds. The highest BCUT2D eigenvalue weighted by Crippen LogP contribution is 2.40. The summed E-state index contributed by atoms with van der Waals surface area (Å²) in [6, 6.07) is 0. The van der Waals surface area contributed by atoms with Crippen LogP contribution in [0.3, 0.4) is 0 Å². The van der Waals surface area contributed by atoms with Crippen molar-refractivity contribution in [1.29, 1.82) is 0 Å². The third kappa shape index (κ3) is 2.75. The first-order valence-electron chi connectivity index (χ1n) is 6.99. The van der Waals surface area contributed by atoms with Gasteiger partial charge in [0.25, 0.3) is 0 Å². The van der Waals surface area contributed by atoms with E-state index in [1.165, 1.54) is 51.6 Å². The van der Waals surface area contributed by atoms with Crippen molar-refractivity contribution < 1.29 is 0 Å². The van der Waals surface area contributed by atoms with Gasteiger partial charge in [-0.2, -0.15) is 0 Å². The van der Waals surface area contributed by atoms with Gasteiger partial charge in [0.15, 0.2) is 0 Å². The zero-order chi connectivity index (χ0) is 10.7. The summed E-state index contributed by atoms with van der Waals surface area (Å²) in [6.45, 7) is 7.44. The average molecular weight is 209 g/mol. The van der Waals surface area contributed by atoms with Gasteiger partial charge in [-0.05, 0) is 43.2 Å². The van der Waals surface area contributed by atoms with E-state index in [9.17, 15) is 0 Å². The van der Waals surface area contributed by atoms with Crippen LogP contribution in [0.15, 0.2) is 0 Å². The third-order valence-corrected chi connectivity index (χ3v) is 4.61. The van der Waals surface area contributed by atoms with Gasteiger partial charge in [0.05, 0.1) is 0 Å². The normalized spacial score (nSPS) is 31.0. The van der Waals surface area contributed by atoms with Crippen molar-refractivity contribution in [2.75, 3.05) is 13.1 Å². The summed E-state index contributed by atoms with van der Waals surface area (Å²) < 4.78 is 0. The molecule has 2 atom stereocenters. The Morgan fingerprint density at radius 2 is 1.67 bits per heavy atom. The molecule has 1 aliphatic carbocycles. The van der Waals surface area contributed by atoms with Crippen LogP contribution in [0.4, 0.5) is 0 Å². The molecule has 2 rings (SSSR count). The fraction of sp³-hybridized carbons (Fsp3) is 1.00. The Kier molecular flexibility index (Phi) is 4.07. The molecule has 1 saturated heterocycles. The smallest absolute Gasteiger partial charge is 0.00172 e. The number of rotatable bonds is 3. The lowest BCUT2D eigenvalue weighted by Gasteiger charge is -2.36. The molecule has 2 fully saturated rings. The third-order valence-electron chi connectivity index (χ3n) is 4.61. The Labute approximate surface area is 95.0 Å². The molecular weight excluding hydrogens is 182 g/mol. The van der Waals surface area contributed by atoms with Crippen molar-refractivity contribution in [3.63, 3.8) is 0 Å². The summed E-state index contributed by atoms with van der Waals surface area (Å²) >= 11 is 0. The topological polar surface area (TPSA) is 12.0 Å². The predicted octanol–water partition coefficient (Wildman–Crippen LogP) is 3.45. The second-order valence-corrected chi connectivity index (χ2v) is 5.97. The van der Waals surface area contributed by atoms with Crippen molar-refractivity contribution in [3.8, 4) is 0 Å². The number of hydrogen-bond donors (Lipinski definition) is 1. The van der Waals surface area contributed by atoms with Crippen LogP contribution in [0.1, 0.15) is 52.4 Å². The van der Waals surface area contributed by atoms with Gasteiger partial charge < -0.3 is 5.32 Å². The van der Waals surface area contributed by atoms with Crippen LogP contribution in [-0.2, 0) is 0 Å². The van der Waals surface area contributed by atoms with Crippen LogP contribution < -0.4 is 5.32 Å².